The molecule has 21 heavy (non-hydrogen) atoms. The molecule has 0 spiro atoms. The summed E-state index contributed by atoms with van der Waals surface area (Å²) in [4.78, 5) is 4.50. The first kappa shape index (κ1) is 13.8. The summed E-state index contributed by atoms with van der Waals surface area (Å²) < 4.78 is 5.38. The van der Waals surface area contributed by atoms with Crippen LogP contribution in [-0.2, 0) is 12.8 Å². The molecular weight excluding hydrogens is 260 g/mol. The first-order chi connectivity index (χ1) is 10.3. The molecule has 3 rings (SSSR count). The van der Waals surface area contributed by atoms with E-state index in [1.165, 1.54) is 10.9 Å². The first-order valence-corrected chi connectivity index (χ1v) is 7.41. The quantitative estimate of drug-likeness (QED) is 0.750. The molecule has 1 aromatic carbocycles. The maximum absolute atomic E-state index is 5.38. The molecule has 1 unspecified atom stereocenters. The van der Waals surface area contributed by atoms with Crippen molar-refractivity contribution in [2.75, 3.05) is 6.54 Å². The summed E-state index contributed by atoms with van der Waals surface area (Å²) >= 11 is 0. The zero-order chi connectivity index (χ0) is 14.5. The number of hydrogen-bond donors (Lipinski definition) is 1. The number of aromatic nitrogens is 1. The molecule has 3 aromatic rings. The predicted octanol–water partition coefficient (Wildman–Crippen LogP) is 3.59. The lowest BCUT2D eigenvalue weighted by Crippen LogP contribution is -2.29. The van der Waals surface area contributed by atoms with E-state index in [1.54, 1.807) is 6.26 Å². The van der Waals surface area contributed by atoms with Crippen LogP contribution in [0.3, 0.4) is 0 Å². The molecule has 3 heteroatoms. The Morgan fingerprint density at radius 3 is 2.90 bits per heavy atom. The van der Waals surface area contributed by atoms with Crippen LogP contribution >= 0.6 is 0 Å². The van der Waals surface area contributed by atoms with Gasteiger partial charge in [-0.1, -0.05) is 24.3 Å². The number of hydrogen-bond acceptors (Lipinski definition) is 3. The van der Waals surface area contributed by atoms with Crippen LogP contribution in [0, 0.1) is 0 Å². The topological polar surface area (TPSA) is 38.1 Å². The van der Waals surface area contributed by atoms with Gasteiger partial charge in [0, 0.05) is 24.0 Å². The summed E-state index contributed by atoms with van der Waals surface area (Å²) in [5, 5.41) is 4.75. The molecule has 0 saturated heterocycles. The maximum atomic E-state index is 5.38. The molecule has 0 fully saturated rings. The highest BCUT2D eigenvalue weighted by molar-refractivity contribution is 5.81. The minimum absolute atomic E-state index is 0.402. The van der Waals surface area contributed by atoms with Crippen molar-refractivity contribution < 1.29 is 4.42 Å². The molecule has 2 heterocycles. The van der Waals surface area contributed by atoms with Gasteiger partial charge in [-0.05, 0) is 43.7 Å². The monoisotopic (exact) mass is 280 g/mol. The van der Waals surface area contributed by atoms with Crippen LogP contribution in [-0.4, -0.2) is 17.6 Å². The number of nitrogens with one attached hydrogen (secondary N) is 1. The predicted molar refractivity (Wildman–Crippen MR) is 85.3 cm³/mol. The number of para-hydroxylation sites is 1. The normalized spacial score (nSPS) is 12.6. The van der Waals surface area contributed by atoms with E-state index in [1.807, 2.05) is 24.4 Å². The second-order valence-corrected chi connectivity index (χ2v) is 5.38. The fraction of sp³-hybridized carbons (Fsp3) is 0.278. The van der Waals surface area contributed by atoms with E-state index in [9.17, 15) is 0 Å². The Kier molecular flexibility index (Phi) is 4.31. The number of pyridine rings is 1. The van der Waals surface area contributed by atoms with Crippen LogP contribution in [0.5, 0.6) is 0 Å². The minimum atomic E-state index is 0.402. The van der Waals surface area contributed by atoms with Gasteiger partial charge in [-0.15, -0.1) is 0 Å². The molecule has 0 bridgehead atoms. The van der Waals surface area contributed by atoms with Crippen molar-refractivity contribution in [1.82, 2.24) is 10.3 Å². The van der Waals surface area contributed by atoms with Gasteiger partial charge in [-0.3, -0.25) is 4.98 Å². The minimum Gasteiger partial charge on any atom is -0.469 e. The smallest absolute Gasteiger partial charge is 0.105 e. The Balaban J connectivity index is 1.57. The summed E-state index contributed by atoms with van der Waals surface area (Å²) in [6, 6.07) is 14.8. The Hall–Kier alpha value is -2.13. The summed E-state index contributed by atoms with van der Waals surface area (Å²) in [5.74, 6) is 1.03. The molecule has 108 valence electrons. The third-order valence-electron chi connectivity index (χ3n) is 3.69. The van der Waals surface area contributed by atoms with Crippen LogP contribution in [0.2, 0.25) is 0 Å². The molecule has 2 aromatic heterocycles. The van der Waals surface area contributed by atoms with E-state index >= 15 is 0 Å². The molecule has 0 radical (unpaired) electrons. The number of rotatable bonds is 6. The lowest BCUT2D eigenvalue weighted by molar-refractivity contribution is 0.458. The van der Waals surface area contributed by atoms with Crippen LogP contribution in [0.4, 0.5) is 0 Å². The highest BCUT2D eigenvalue weighted by Crippen LogP contribution is 2.16. The lowest BCUT2D eigenvalue weighted by Gasteiger charge is -2.13. The molecule has 3 nitrogen and oxygen atoms in total. The zero-order valence-corrected chi connectivity index (χ0v) is 12.3. The van der Waals surface area contributed by atoms with Gasteiger partial charge in [0.05, 0.1) is 11.8 Å². The highest BCUT2D eigenvalue weighted by Gasteiger charge is 2.06. The molecule has 1 atom stereocenters. The van der Waals surface area contributed by atoms with Crippen LogP contribution < -0.4 is 5.32 Å². The van der Waals surface area contributed by atoms with E-state index < -0.39 is 0 Å². The van der Waals surface area contributed by atoms with E-state index in [-0.39, 0.29) is 0 Å². The standard InChI is InChI=1S/C18H20N2O/c1-14(13-17-8-4-12-21-17)19-11-9-16-6-2-5-15-7-3-10-20-18(15)16/h2-8,10,12,14,19H,9,11,13H2,1H3. The van der Waals surface area contributed by atoms with Crippen LogP contribution in [0.25, 0.3) is 10.9 Å². The van der Waals surface area contributed by atoms with E-state index in [0.717, 1.165) is 30.7 Å². The molecule has 0 amide bonds. The van der Waals surface area contributed by atoms with Gasteiger partial charge in [0.25, 0.3) is 0 Å². The number of benzene rings is 1. The van der Waals surface area contributed by atoms with Crippen molar-refractivity contribution in [3.63, 3.8) is 0 Å². The second-order valence-electron chi connectivity index (χ2n) is 5.38. The Bertz CT molecular complexity index is 686. The van der Waals surface area contributed by atoms with Gasteiger partial charge in [0.1, 0.15) is 5.76 Å². The Labute approximate surface area is 125 Å². The fourth-order valence-corrected chi connectivity index (χ4v) is 2.63. The molecular formula is C18H20N2O. The molecule has 0 saturated carbocycles. The highest BCUT2D eigenvalue weighted by atomic mass is 16.3. The third kappa shape index (κ3) is 3.50. The van der Waals surface area contributed by atoms with Gasteiger partial charge in [0.15, 0.2) is 0 Å². The van der Waals surface area contributed by atoms with E-state index in [4.69, 9.17) is 4.42 Å². The van der Waals surface area contributed by atoms with Crippen molar-refractivity contribution in [3.05, 3.63) is 66.2 Å². The number of fused-ring (bicyclic) bond motifs is 1. The molecule has 0 aliphatic carbocycles. The molecule has 0 aliphatic rings. The van der Waals surface area contributed by atoms with Crippen LogP contribution in [0.15, 0.2) is 59.3 Å². The van der Waals surface area contributed by atoms with Gasteiger partial charge >= 0.3 is 0 Å². The number of furan rings is 1. The van der Waals surface area contributed by atoms with Crippen LogP contribution in [0.1, 0.15) is 18.2 Å². The first-order valence-electron chi connectivity index (χ1n) is 7.41. The summed E-state index contributed by atoms with van der Waals surface area (Å²) in [6.07, 6.45) is 5.49. The van der Waals surface area contributed by atoms with E-state index in [0.29, 0.717) is 6.04 Å². The average molecular weight is 280 g/mol. The zero-order valence-electron chi connectivity index (χ0n) is 12.3. The second kappa shape index (κ2) is 6.55. The number of nitrogens with zero attached hydrogens (tertiary/aromatic N) is 1. The van der Waals surface area contributed by atoms with Crippen molar-refractivity contribution in [3.8, 4) is 0 Å². The van der Waals surface area contributed by atoms with Crippen molar-refractivity contribution >= 4 is 10.9 Å². The van der Waals surface area contributed by atoms with Gasteiger partial charge < -0.3 is 9.73 Å². The van der Waals surface area contributed by atoms with Crippen molar-refractivity contribution in [2.24, 2.45) is 0 Å². The Morgan fingerprint density at radius 1 is 1.14 bits per heavy atom. The van der Waals surface area contributed by atoms with E-state index in [2.05, 4.69) is 41.5 Å². The van der Waals surface area contributed by atoms with Gasteiger partial charge in [-0.25, -0.2) is 0 Å². The van der Waals surface area contributed by atoms with Crippen molar-refractivity contribution in [1.29, 1.82) is 0 Å². The van der Waals surface area contributed by atoms with Gasteiger partial charge in [-0.2, -0.15) is 0 Å². The SMILES string of the molecule is CC(Cc1ccco1)NCCc1cccc2cccnc12. The van der Waals surface area contributed by atoms with Gasteiger partial charge in [0.2, 0.25) is 0 Å². The summed E-state index contributed by atoms with van der Waals surface area (Å²) in [7, 11) is 0. The third-order valence-corrected chi connectivity index (χ3v) is 3.69. The summed E-state index contributed by atoms with van der Waals surface area (Å²) in [6.45, 7) is 3.13. The molecule has 1 N–H and O–H groups in total. The fourth-order valence-electron chi connectivity index (χ4n) is 2.63. The lowest BCUT2D eigenvalue weighted by atomic mass is 10.1. The van der Waals surface area contributed by atoms with Crippen molar-refractivity contribution in [2.45, 2.75) is 25.8 Å². The largest absolute Gasteiger partial charge is 0.469 e. The average Bonchev–Trinajstić information content (AvgIpc) is 3.00. The molecule has 0 aliphatic heterocycles. The maximum Gasteiger partial charge on any atom is 0.105 e. The Morgan fingerprint density at radius 2 is 2.05 bits per heavy atom. The summed E-state index contributed by atoms with van der Waals surface area (Å²) in [5.41, 5.74) is 2.41.